The molecule has 0 unspecified atom stereocenters. The van der Waals surface area contributed by atoms with Crippen LogP contribution in [0.2, 0.25) is 0 Å². The minimum atomic E-state index is 0.00761. The maximum absolute atomic E-state index is 12.8. The van der Waals surface area contributed by atoms with E-state index in [1.54, 1.807) is 12.0 Å². The summed E-state index contributed by atoms with van der Waals surface area (Å²) >= 11 is 0. The molecule has 0 spiro atoms. The molecular weight excluding hydrogens is 292 g/mol. The van der Waals surface area contributed by atoms with Crippen molar-refractivity contribution in [2.75, 3.05) is 39.8 Å². The molecule has 1 aromatic carbocycles. The van der Waals surface area contributed by atoms with E-state index in [1.807, 2.05) is 30.0 Å². The molecule has 0 atom stereocenters. The predicted molar refractivity (Wildman–Crippen MR) is 89.3 cm³/mol. The molecule has 1 fully saturated rings. The Hall–Kier alpha value is -2.01. The molecule has 0 saturated carbocycles. The van der Waals surface area contributed by atoms with Gasteiger partial charge in [0, 0.05) is 10.9 Å². The molecule has 0 aliphatic carbocycles. The molecule has 1 saturated heterocycles. The smallest absolute Gasteiger partial charge is 0.290 e. The number of amides is 1. The fourth-order valence-corrected chi connectivity index (χ4v) is 3.30. The molecule has 1 aliphatic heterocycles. The second-order valence-corrected chi connectivity index (χ2v) is 6.21. The highest BCUT2D eigenvalue weighted by molar-refractivity contribution is 5.99. The molecule has 124 valence electrons. The Kier molecular flexibility index (Phi) is 4.57. The minimum absolute atomic E-state index is 0.00761. The quantitative estimate of drug-likeness (QED) is 0.930. The number of piperazine rings is 1. The van der Waals surface area contributed by atoms with E-state index < -0.39 is 0 Å². The van der Waals surface area contributed by atoms with Crippen molar-refractivity contribution >= 4 is 16.9 Å². The van der Waals surface area contributed by atoms with Gasteiger partial charge in [0.25, 0.3) is 5.91 Å². The molecule has 23 heavy (non-hydrogen) atoms. The zero-order valence-corrected chi connectivity index (χ0v) is 14.1. The van der Waals surface area contributed by atoms with Gasteiger partial charge in [-0.25, -0.2) is 0 Å². The van der Waals surface area contributed by atoms with Gasteiger partial charge in [-0.3, -0.25) is 4.79 Å². The van der Waals surface area contributed by atoms with Crippen molar-refractivity contribution in [3.8, 4) is 5.75 Å². The van der Waals surface area contributed by atoms with Gasteiger partial charge in [0.15, 0.2) is 5.76 Å². The van der Waals surface area contributed by atoms with Gasteiger partial charge in [0.1, 0.15) is 11.3 Å². The first kappa shape index (κ1) is 15.9. The number of carbonyl (C=O) groups is 1. The summed E-state index contributed by atoms with van der Waals surface area (Å²) < 4.78 is 11.1. The number of hydrogen-bond donors (Lipinski definition) is 1. The lowest BCUT2D eigenvalue weighted by Gasteiger charge is -2.31. The van der Waals surface area contributed by atoms with Crippen LogP contribution in [-0.2, 0) is 0 Å². The van der Waals surface area contributed by atoms with Crippen LogP contribution in [0.5, 0.6) is 5.75 Å². The average Bonchev–Trinajstić information content (AvgIpc) is 2.91. The van der Waals surface area contributed by atoms with E-state index in [9.17, 15) is 4.79 Å². The molecule has 5 heteroatoms. The number of benzene rings is 1. The highest BCUT2D eigenvalue weighted by atomic mass is 16.5. The average molecular weight is 317 g/mol. The van der Waals surface area contributed by atoms with E-state index >= 15 is 0 Å². The van der Waals surface area contributed by atoms with Gasteiger partial charge in [0.2, 0.25) is 0 Å². The molecule has 0 radical (unpaired) electrons. The number of rotatable bonds is 4. The SMILES string of the molecule is CCC[NH+]1CCN(C(=O)c2oc3ccc(OC)cc3c2C)CC1. The summed E-state index contributed by atoms with van der Waals surface area (Å²) in [7, 11) is 1.64. The van der Waals surface area contributed by atoms with Crippen LogP contribution in [0.25, 0.3) is 11.0 Å². The lowest BCUT2D eigenvalue weighted by Crippen LogP contribution is -3.14. The summed E-state index contributed by atoms with van der Waals surface area (Å²) in [5, 5.41) is 0.947. The Bertz CT molecular complexity index is 700. The number of ether oxygens (including phenoxy) is 1. The molecular formula is C18H25N2O3+. The number of nitrogens with zero attached hydrogens (tertiary/aromatic N) is 1. The van der Waals surface area contributed by atoms with Crippen molar-refractivity contribution < 1.29 is 18.8 Å². The first-order valence-corrected chi connectivity index (χ1v) is 8.34. The van der Waals surface area contributed by atoms with Crippen LogP contribution in [-0.4, -0.2) is 50.6 Å². The van der Waals surface area contributed by atoms with Gasteiger partial charge in [-0.1, -0.05) is 6.92 Å². The predicted octanol–water partition coefficient (Wildman–Crippen LogP) is 1.50. The van der Waals surface area contributed by atoms with Gasteiger partial charge < -0.3 is 19.0 Å². The fourth-order valence-electron chi connectivity index (χ4n) is 3.30. The number of methoxy groups -OCH3 is 1. The molecule has 2 heterocycles. The van der Waals surface area contributed by atoms with Crippen LogP contribution in [0, 0.1) is 6.92 Å². The van der Waals surface area contributed by atoms with Gasteiger partial charge in [-0.15, -0.1) is 0 Å². The molecule has 1 aliphatic rings. The number of carbonyl (C=O) groups excluding carboxylic acids is 1. The minimum Gasteiger partial charge on any atom is -0.497 e. The van der Waals surface area contributed by atoms with Gasteiger partial charge in [-0.2, -0.15) is 0 Å². The van der Waals surface area contributed by atoms with Crippen LogP contribution in [0.4, 0.5) is 0 Å². The molecule has 1 aromatic heterocycles. The summed E-state index contributed by atoms with van der Waals surface area (Å²) in [5.41, 5.74) is 1.63. The largest absolute Gasteiger partial charge is 0.497 e. The topological polar surface area (TPSA) is 47.1 Å². The second-order valence-electron chi connectivity index (χ2n) is 6.21. The number of furan rings is 1. The maximum atomic E-state index is 12.8. The van der Waals surface area contributed by atoms with Crippen LogP contribution >= 0.6 is 0 Å². The standard InChI is InChI=1S/C18H24N2O3/c1-4-7-19-8-10-20(11-9-19)18(21)17-13(2)15-12-14(22-3)5-6-16(15)23-17/h5-6,12H,4,7-11H2,1-3H3/p+1. The third kappa shape index (κ3) is 3.06. The van der Waals surface area contributed by atoms with Crippen molar-refractivity contribution in [1.82, 2.24) is 4.90 Å². The lowest BCUT2D eigenvalue weighted by atomic mass is 10.1. The fraction of sp³-hybridized carbons (Fsp3) is 0.500. The summed E-state index contributed by atoms with van der Waals surface area (Å²) in [6.07, 6.45) is 1.19. The van der Waals surface area contributed by atoms with Crippen LogP contribution in [0.15, 0.2) is 22.6 Å². The highest BCUT2D eigenvalue weighted by Crippen LogP contribution is 2.29. The zero-order chi connectivity index (χ0) is 16.4. The number of nitrogens with one attached hydrogen (secondary N) is 1. The molecule has 2 aromatic rings. The maximum Gasteiger partial charge on any atom is 0.290 e. The van der Waals surface area contributed by atoms with Crippen molar-refractivity contribution in [3.63, 3.8) is 0 Å². The van der Waals surface area contributed by atoms with Crippen molar-refractivity contribution in [3.05, 3.63) is 29.5 Å². The second kappa shape index (κ2) is 6.62. The molecule has 0 bridgehead atoms. The monoisotopic (exact) mass is 317 g/mol. The molecule has 5 nitrogen and oxygen atoms in total. The Morgan fingerprint density at radius 2 is 2.09 bits per heavy atom. The first-order chi connectivity index (χ1) is 11.1. The van der Waals surface area contributed by atoms with Gasteiger partial charge >= 0.3 is 0 Å². The third-order valence-electron chi connectivity index (χ3n) is 4.70. The first-order valence-electron chi connectivity index (χ1n) is 8.34. The van der Waals surface area contributed by atoms with E-state index in [1.165, 1.54) is 13.0 Å². The van der Waals surface area contributed by atoms with E-state index in [0.717, 1.165) is 48.5 Å². The zero-order valence-electron chi connectivity index (χ0n) is 14.1. The van der Waals surface area contributed by atoms with Crippen molar-refractivity contribution in [2.24, 2.45) is 0 Å². The number of aryl methyl sites for hydroxylation is 1. The molecule has 1 amide bonds. The van der Waals surface area contributed by atoms with Crippen LogP contribution in [0.3, 0.4) is 0 Å². The van der Waals surface area contributed by atoms with E-state index in [4.69, 9.17) is 9.15 Å². The number of hydrogen-bond acceptors (Lipinski definition) is 3. The summed E-state index contributed by atoms with van der Waals surface area (Å²) in [6, 6.07) is 5.64. The summed E-state index contributed by atoms with van der Waals surface area (Å²) in [6.45, 7) is 8.97. The normalized spacial score (nSPS) is 16.0. The van der Waals surface area contributed by atoms with E-state index in [2.05, 4.69) is 6.92 Å². The summed E-state index contributed by atoms with van der Waals surface area (Å²) in [4.78, 5) is 16.3. The van der Waals surface area contributed by atoms with E-state index in [-0.39, 0.29) is 5.91 Å². The van der Waals surface area contributed by atoms with Crippen molar-refractivity contribution in [1.29, 1.82) is 0 Å². The Labute approximate surface area is 136 Å². The Morgan fingerprint density at radius 1 is 1.35 bits per heavy atom. The van der Waals surface area contributed by atoms with Crippen LogP contribution in [0.1, 0.15) is 29.5 Å². The lowest BCUT2D eigenvalue weighted by molar-refractivity contribution is -0.904. The third-order valence-corrected chi connectivity index (χ3v) is 4.70. The van der Waals surface area contributed by atoms with Crippen molar-refractivity contribution in [2.45, 2.75) is 20.3 Å². The summed E-state index contributed by atoms with van der Waals surface area (Å²) in [5.74, 6) is 1.25. The number of quaternary nitrogens is 1. The highest BCUT2D eigenvalue weighted by Gasteiger charge is 2.28. The van der Waals surface area contributed by atoms with Crippen LogP contribution < -0.4 is 9.64 Å². The molecule has 1 N–H and O–H groups in total. The Balaban J connectivity index is 1.80. The molecule has 3 rings (SSSR count). The number of fused-ring (bicyclic) bond motifs is 1. The van der Waals surface area contributed by atoms with Gasteiger partial charge in [0.05, 0.1) is 39.8 Å². The van der Waals surface area contributed by atoms with E-state index in [0.29, 0.717) is 5.76 Å². The van der Waals surface area contributed by atoms with Gasteiger partial charge in [-0.05, 0) is 31.5 Å². The Morgan fingerprint density at radius 3 is 2.74 bits per heavy atom.